The first kappa shape index (κ1) is 18.4. The summed E-state index contributed by atoms with van der Waals surface area (Å²) in [7, 11) is 0. The van der Waals surface area contributed by atoms with Crippen LogP contribution in [-0.2, 0) is 22.8 Å². The molecule has 0 saturated heterocycles. The second-order valence-corrected chi connectivity index (χ2v) is 7.04. The van der Waals surface area contributed by atoms with Crippen LogP contribution in [0.3, 0.4) is 0 Å². The zero-order valence-electron chi connectivity index (χ0n) is 13.5. The van der Waals surface area contributed by atoms with Gasteiger partial charge in [0.25, 0.3) is 0 Å². The molecule has 138 valence electrons. The highest BCUT2D eigenvalue weighted by molar-refractivity contribution is 7.09. The highest BCUT2D eigenvalue weighted by Crippen LogP contribution is 2.49. The lowest BCUT2D eigenvalue weighted by molar-refractivity contribution is -0.137. The average molecular weight is 384 g/mol. The normalized spacial score (nSPS) is 15.5. The Morgan fingerprint density at radius 2 is 2.04 bits per heavy atom. The number of thiazole rings is 1. The van der Waals surface area contributed by atoms with E-state index < -0.39 is 23.1 Å². The molecule has 0 bridgehead atoms. The van der Waals surface area contributed by atoms with E-state index in [1.807, 2.05) is 0 Å². The Hall–Kier alpha value is -2.42. The van der Waals surface area contributed by atoms with E-state index in [4.69, 9.17) is 5.11 Å². The van der Waals surface area contributed by atoms with Gasteiger partial charge in [-0.2, -0.15) is 13.2 Å². The van der Waals surface area contributed by atoms with Gasteiger partial charge in [0, 0.05) is 18.3 Å². The number of carbonyl (C=O) groups is 2. The van der Waals surface area contributed by atoms with Crippen LogP contribution in [0, 0.1) is 0 Å². The number of aromatic nitrogens is 1. The van der Waals surface area contributed by atoms with Gasteiger partial charge in [-0.25, -0.2) is 9.78 Å². The monoisotopic (exact) mass is 384 g/mol. The molecule has 0 spiro atoms. The molecule has 2 N–H and O–H groups in total. The molecule has 26 heavy (non-hydrogen) atoms. The molecule has 9 heteroatoms. The van der Waals surface area contributed by atoms with Crippen molar-refractivity contribution in [3.05, 3.63) is 51.5 Å². The maximum absolute atomic E-state index is 12.9. The third-order valence-corrected chi connectivity index (χ3v) is 5.23. The minimum Gasteiger partial charge on any atom is -0.476 e. The molecule has 5 nitrogen and oxygen atoms in total. The molecule has 1 fully saturated rings. The summed E-state index contributed by atoms with van der Waals surface area (Å²) in [5.41, 5.74) is -1.35. The van der Waals surface area contributed by atoms with Crippen LogP contribution in [0.25, 0.3) is 0 Å². The zero-order chi connectivity index (χ0) is 18.9. The fraction of sp³-hybridized carbons (Fsp3) is 0.353. The van der Waals surface area contributed by atoms with Crippen LogP contribution < -0.4 is 5.32 Å². The quantitative estimate of drug-likeness (QED) is 0.801. The van der Waals surface area contributed by atoms with Crippen molar-refractivity contribution >= 4 is 23.2 Å². The summed E-state index contributed by atoms with van der Waals surface area (Å²) in [4.78, 5) is 27.2. The van der Waals surface area contributed by atoms with Crippen molar-refractivity contribution in [2.45, 2.75) is 30.9 Å². The molecule has 1 aliphatic rings. The van der Waals surface area contributed by atoms with Gasteiger partial charge in [-0.15, -0.1) is 11.3 Å². The summed E-state index contributed by atoms with van der Waals surface area (Å²) in [6, 6.07) is 4.88. The largest absolute Gasteiger partial charge is 0.476 e. The maximum Gasteiger partial charge on any atom is 0.416 e. The van der Waals surface area contributed by atoms with Crippen LogP contribution in [0.4, 0.5) is 13.2 Å². The van der Waals surface area contributed by atoms with Crippen LogP contribution in [0.2, 0.25) is 0 Å². The number of halogens is 3. The third-order valence-electron chi connectivity index (χ3n) is 4.32. The number of aromatic carboxylic acids is 1. The summed E-state index contributed by atoms with van der Waals surface area (Å²) < 4.78 is 38.6. The number of carboxylic acids is 1. The number of carbonyl (C=O) groups excluding carboxylic acids is 1. The van der Waals surface area contributed by atoms with Gasteiger partial charge in [0.1, 0.15) is 0 Å². The minimum absolute atomic E-state index is 0.0426. The molecule has 3 rings (SSSR count). The molecular weight excluding hydrogens is 369 g/mol. The fourth-order valence-corrected chi connectivity index (χ4v) is 3.51. The second kappa shape index (κ2) is 6.71. The van der Waals surface area contributed by atoms with Crippen LogP contribution in [-0.4, -0.2) is 28.5 Å². The lowest BCUT2D eigenvalue weighted by Gasteiger charge is -2.17. The first-order valence-corrected chi connectivity index (χ1v) is 8.74. The van der Waals surface area contributed by atoms with Gasteiger partial charge in [0.05, 0.1) is 16.0 Å². The Balaban J connectivity index is 1.63. The summed E-state index contributed by atoms with van der Waals surface area (Å²) >= 11 is 1.19. The molecule has 1 amide bonds. The number of hydrogen-bond acceptors (Lipinski definition) is 4. The number of alkyl halides is 3. The molecule has 1 aliphatic carbocycles. The molecule has 1 saturated carbocycles. The van der Waals surface area contributed by atoms with E-state index in [0.29, 0.717) is 29.8 Å². The lowest BCUT2D eigenvalue weighted by Crippen LogP contribution is -2.36. The van der Waals surface area contributed by atoms with E-state index >= 15 is 0 Å². The van der Waals surface area contributed by atoms with E-state index in [1.54, 1.807) is 6.07 Å². The molecule has 1 aromatic heterocycles. The number of hydrogen-bond donors (Lipinski definition) is 2. The van der Waals surface area contributed by atoms with E-state index in [-0.39, 0.29) is 18.1 Å². The molecule has 0 unspecified atom stereocenters. The average Bonchev–Trinajstić information content (AvgIpc) is 3.26. The predicted octanol–water partition coefficient (Wildman–Crippen LogP) is 3.25. The molecule has 0 aliphatic heterocycles. The highest BCUT2D eigenvalue weighted by atomic mass is 32.1. The number of carboxylic acid groups (broad SMARTS) is 1. The first-order chi connectivity index (χ1) is 12.2. The Morgan fingerprint density at radius 1 is 1.31 bits per heavy atom. The Bertz CT molecular complexity index is 844. The van der Waals surface area contributed by atoms with E-state index in [1.165, 1.54) is 22.8 Å². The van der Waals surface area contributed by atoms with Crippen molar-refractivity contribution in [3.8, 4) is 0 Å². The molecule has 2 aromatic rings. The molecule has 0 atom stereocenters. The van der Waals surface area contributed by atoms with Crippen LogP contribution >= 0.6 is 11.3 Å². The van der Waals surface area contributed by atoms with E-state index in [9.17, 15) is 22.8 Å². The minimum atomic E-state index is -4.45. The smallest absolute Gasteiger partial charge is 0.416 e. The summed E-state index contributed by atoms with van der Waals surface area (Å²) in [6.07, 6.45) is -3.08. The number of amides is 1. The van der Waals surface area contributed by atoms with Crippen LogP contribution in [0.5, 0.6) is 0 Å². The van der Waals surface area contributed by atoms with Crippen LogP contribution in [0.1, 0.15) is 39.5 Å². The Kier molecular flexibility index (Phi) is 4.74. The summed E-state index contributed by atoms with van der Waals surface area (Å²) in [5.74, 6) is -1.43. The maximum atomic E-state index is 12.9. The van der Waals surface area contributed by atoms with Gasteiger partial charge in [-0.3, -0.25) is 4.79 Å². The first-order valence-electron chi connectivity index (χ1n) is 7.86. The highest BCUT2D eigenvalue weighted by Gasteiger charge is 2.51. The number of rotatable bonds is 6. The Morgan fingerprint density at radius 3 is 2.62 bits per heavy atom. The standard InChI is InChI=1S/C17H15F3N2O3S/c18-17(19,20)11-3-1-2-10(8-11)16(5-6-16)15(25)21-7-4-13-22-12(9-26-13)14(23)24/h1-3,8-9H,4-7H2,(H,21,25)(H,23,24). The van der Waals surface area contributed by atoms with Crippen molar-refractivity contribution in [1.29, 1.82) is 0 Å². The molecular formula is C17H15F3N2O3S. The topological polar surface area (TPSA) is 79.3 Å². The predicted molar refractivity (Wildman–Crippen MR) is 88.1 cm³/mol. The third kappa shape index (κ3) is 3.72. The van der Waals surface area contributed by atoms with Gasteiger partial charge in [-0.05, 0) is 24.5 Å². The van der Waals surface area contributed by atoms with Gasteiger partial charge in [0.15, 0.2) is 5.69 Å². The molecule has 1 aromatic carbocycles. The summed E-state index contributed by atoms with van der Waals surface area (Å²) in [6.45, 7) is 0.242. The van der Waals surface area contributed by atoms with E-state index in [2.05, 4.69) is 10.3 Å². The second-order valence-electron chi connectivity index (χ2n) is 6.10. The van der Waals surface area contributed by atoms with Crippen LogP contribution in [0.15, 0.2) is 29.6 Å². The number of nitrogens with one attached hydrogen (secondary N) is 1. The van der Waals surface area contributed by atoms with Gasteiger partial charge in [0.2, 0.25) is 5.91 Å². The van der Waals surface area contributed by atoms with Gasteiger partial charge < -0.3 is 10.4 Å². The zero-order valence-corrected chi connectivity index (χ0v) is 14.3. The van der Waals surface area contributed by atoms with Crippen molar-refractivity contribution < 1.29 is 27.9 Å². The van der Waals surface area contributed by atoms with E-state index in [0.717, 1.165) is 12.1 Å². The van der Waals surface area contributed by atoms with Crippen molar-refractivity contribution in [1.82, 2.24) is 10.3 Å². The number of nitrogens with zero attached hydrogens (tertiary/aromatic N) is 1. The van der Waals surface area contributed by atoms with Gasteiger partial charge >= 0.3 is 12.1 Å². The van der Waals surface area contributed by atoms with Gasteiger partial charge in [-0.1, -0.05) is 18.2 Å². The summed E-state index contributed by atoms with van der Waals surface area (Å²) in [5, 5.41) is 13.6. The lowest BCUT2D eigenvalue weighted by atomic mass is 9.93. The Labute approximate surface area is 150 Å². The van der Waals surface area contributed by atoms with Crippen molar-refractivity contribution in [2.75, 3.05) is 6.54 Å². The molecule has 1 heterocycles. The fourth-order valence-electron chi connectivity index (χ4n) is 2.74. The SMILES string of the molecule is O=C(O)c1csc(CCNC(=O)C2(c3cccc(C(F)(F)F)c3)CC2)n1. The van der Waals surface area contributed by atoms with Crippen molar-refractivity contribution in [3.63, 3.8) is 0 Å². The van der Waals surface area contributed by atoms with Crippen molar-refractivity contribution in [2.24, 2.45) is 0 Å². The molecule has 0 radical (unpaired) electrons. The number of benzene rings is 1.